The van der Waals surface area contributed by atoms with Gasteiger partial charge in [-0.15, -0.1) is 11.3 Å². The highest BCUT2D eigenvalue weighted by Gasteiger charge is 2.12. The number of amides is 1. The zero-order valence-electron chi connectivity index (χ0n) is 11.2. The lowest BCUT2D eigenvalue weighted by Gasteiger charge is -2.05. The lowest BCUT2D eigenvalue weighted by Crippen LogP contribution is -2.26. The number of carboxylic acid groups (broad SMARTS) is 1. The first-order chi connectivity index (χ1) is 9.97. The topological polar surface area (TPSA) is 79.3 Å². The zero-order valence-corrected chi connectivity index (χ0v) is 12.0. The van der Waals surface area contributed by atoms with Gasteiger partial charge in [-0.2, -0.15) is 0 Å². The predicted molar refractivity (Wildman–Crippen MR) is 76.2 cm³/mol. The Kier molecular flexibility index (Phi) is 4.64. The molecule has 21 heavy (non-hydrogen) atoms. The normalized spacial score (nSPS) is 10.4. The summed E-state index contributed by atoms with van der Waals surface area (Å²) in [5, 5.41) is 13.4. The number of halogens is 1. The summed E-state index contributed by atoms with van der Waals surface area (Å²) in [6.45, 7) is 2.01. The van der Waals surface area contributed by atoms with Crippen molar-refractivity contribution < 1.29 is 19.1 Å². The second kappa shape index (κ2) is 6.45. The number of hydrogen-bond acceptors (Lipinski definition) is 4. The molecule has 0 saturated heterocycles. The molecule has 2 rings (SSSR count). The number of aromatic nitrogens is 1. The Balaban J connectivity index is 1.90. The highest BCUT2D eigenvalue weighted by Crippen LogP contribution is 2.11. The van der Waals surface area contributed by atoms with E-state index in [0.29, 0.717) is 11.4 Å². The van der Waals surface area contributed by atoms with Gasteiger partial charge in [-0.25, -0.2) is 14.2 Å². The molecule has 0 unspecified atom stereocenters. The largest absolute Gasteiger partial charge is 0.476 e. The number of nitrogens with zero attached hydrogens (tertiary/aromatic N) is 1. The van der Waals surface area contributed by atoms with Gasteiger partial charge < -0.3 is 10.4 Å². The molecule has 0 radical (unpaired) electrons. The van der Waals surface area contributed by atoms with E-state index >= 15 is 0 Å². The molecule has 1 amide bonds. The van der Waals surface area contributed by atoms with Gasteiger partial charge in [0.25, 0.3) is 5.91 Å². The number of carboxylic acids is 1. The first-order valence-corrected chi connectivity index (χ1v) is 7.07. The Morgan fingerprint density at radius 3 is 2.81 bits per heavy atom. The Hall–Kier alpha value is -2.28. The van der Waals surface area contributed by atoms with E-state index in [9.17, 15) is 14.0 Å². The first kappa shape index (κ1) is 15.1. The lowest BCUT2D eigenvalue weighted by molar-refractivity contribution is 0.0690. The van der Waals surface area contributed by atoms with Crippen LogP contribution in [0, 0.1) is 12.7 Å². The Labute approximate surface area is 124 Å². The third-order valence-corrected chi connectivity index (χ3v) is 3.67. The number of thiazole rings is 1. The van der Waals surface area contributed by atoms with Crippen LogP contribution < -0.4 is 5.32 Å². The molecule has 1 heterocycles. The summed E-state index contributed by atoms with van der Waals surface area (Å²) in [7, 11) is 0. The molecule has 0 aliphatic rings. The van der Waals surface area contributed by atoms with Crippen LogP contribution in [0.1, 0.15) is 31.4 Å². The molecule has 1 aromatic carbocycles. The third kappa shape index (κ3) is 3.85. The van der Waals surface area contributed by atoms with E-state index in [2.05, 4.69) is 10.3 Å². The molecule has 0 atom stereocenters. The van der Waals surface area contributed by atoms with Crippen molar-refractivity contribution in [2.45, 2.75) is 13.3 Å². The number of benzene rings is 1. The van der Waals surface area contributed by atoms with Crippen LogP contribution in [0.4, 0.5) is 4.39 Å². The van der Waals surface area contributed by atoms with Gasteiger partial charge in [0.1, 0.15) is 5.82 Å². The number of nitrogens with one attached hydrogen (secondary N) is 1. The standard InChI is InChI=1S/C14H13FN2O3S/c1-8-2-3-9(10(15)6-8)13(18)16-5-4-12-17-11(7-21-12)14(19)20/h2-3,6-7H,4-5H2,1H3,(H,16,18)(H,19,20). The van der Waals surface area contributed by atoms with Crippen LogP contribution in [0.2, 0.25) is 0 Å². The van der Waals surface area contributed by atoms with Crippen LogP contribution in [0.5, 0.6) is 0 Å². The maximum absolute atomic E-state index is 13.6. The number of hydrogen-bond donors (Lipinski definition) is 2. The van der Waals surface area contributed by atoms with Crippen molar-refractivity contribution in [3.8, 4) is 0 Å². The summed E-state index contributed by atoms with van der Waals surface area (Å²) in [5.74, 6) is -2.14. The van der Waals surface area contributed by atoms with Gasteiger partial charge in [0.2, 0.25) is 0 Å². The Morgan fingerprint density at radius 2 is 2.19 bits per heavy atom. The number of carbonyl (C=O) groups excluding carboxylic acids is 1. The second-order valence-electron chi connectivity index (χ2n) is 4.42. The second-order valence-corrected chi connectivity index (χ2v) is 5.36. The average Bonchev–Trinajstić information content (AvgIpc) is 2.87. The quantitative estimate of drug-likeness (QED) is 0.888. The molecular formula is C14H13FN2O3S. The number of carbonyl (C=O) groups is 2. The van der Waals surface area contributed by atoms with Crippen LogP contribution in [0.3, 0.4) is 0 Å². The molecule has 110 valence electrons. The number of aromatic carboxylic acids is 1. The number of rotatable bonds is 5. The van der Waals surface area contributed by atoms with Crippen molar-refractivity contribution in [3.63, 3.8) is 0 Å². The van der Waals surface area contributed by atoms with E-state index < -0.39 is 17.7 Å². The molecule has 2 aromatic rings. The fourth-order valence-corrected chi connectivity index (χ4v) is 2.48. The van der Waals surface area contributed by atoms with E-state index in [-0.39, 0.29) is 17.8 Å². The molecule has 0 aliphatic carbocycles. The lowest BCUT2D eigenvalue weighted by atomic mass is 10.1. The fourth-order valence-electron chi connectivity index (χ4n) is 1.71. The zero-order chi connectivity index (χ0) is 15.4. The van der Waals surface area contributed by atoms with E-state index in [1.165, 1.54) is 28.8 Å². The van der Waals surface area contributed by atoms with Crippen molar-refractivity contribution in [2.75, 3.05) is 6.54 Å². The highest BCUT2D eigenvalue weighted by molar-refractivity contribution is 7.09. The minimum absolute atomic E-state index is 0.00837. The summed E-state index contributed by atoms with van der Waals surface area (Å²) in [5.41, 5.74) is 0.727. The molecule has 0 spiro atoms. The average molecular weight is 308 g/mol. The predicted octanol–water partition coefficient (Wildman–Crippen LogP) is 2.26. The molecule has 1 aromatic heterocycles. The number of aryl methyl sites for hydroxylation is 1. The minimum Gasteiger partial charge on any atom is -0.476 e. The van der Waals surface area contributed by atoms with Gasteiger partial charge in [-0.05, 0) is 24.6 Å². The van der Waals surface area contributed by atoms with Crippen LogP contribution in [0.15, 0.2) is 23.6 Å². The first-order valence-electron chi connectivity index (χ1n) is 6.19. The van der Waals surface area contributed by atoms with Gasteiger partial charge in [-0.1, -0.05) is 6.07 Å². The summed E-state index contributed by atoms with van der Waals surface area (Å²) < 4.78 is 13.6. The van der Waals surface area contributed by atoms with Gasteiger partial charge in [-0.3, -0.25) is 4.79 Å². The Bertz CT molecular complexity index is 685. The maximum atomic E-state index is 13.6. The molecule has 0 aliphatic heterocycles. The summed E-state index contributed by atoms with van der Waals surface area (Å²) in [6.07, 6.45) is 0.400. The third-order valence-electron chi connectivity index (χ3n) is 2.76. The molecule has 2 N–H and O–H groups in total. The smallest absolute Gasteiger partial charge is 0.355 e. The Morgan fingerprint density at radius 1 is 1.43 bits per heavy atom. The SMILES string of the molecule is Cc1ccc(C(=O)NCCc2nc(C(=O)O)cs2)c(F)c1. The van der Waals surface area contributed by atoms with Gasteiger partial charge in [0.15, 0.2) is 5.69 Å². The van der Waals surface area contributed by atoms with Crippen LogP contribution in [0.25, 0.3) is 0 Å². The van der Waals surface area contributed by atoms with E-state index in [4.69, 9.17) is 5.11 Å². The van der Waals surface area contributed by atoms with E-state index in [1.807, 2.05) is 0 Å². The fraction of sp³-hybridized carbons (Fsp3) is 0.214. The van der Waals surface area contributed by atoms with Gasteiger partial charge >= 0.3 is 5.97 Å². The molecule has 0 saturated carbocycles. The van der Waals surface area contributed by atoms with Crippen molar-refractivity contribution >= 4 is 23.2 Å². The monoisotopic (exact) mass is 308 g/mol. The summed E-state index contributed by atoms with van der Waals surface area (Å²) >= 11 is 1.21. The highest BCUT2D eigenvalue weighted by atomic mass is 32.1. The van der Waals surface area contributed by atoms with Gasteiger partial charge in [0.05, 0.1) is 10.6 Å². The minimum atomic E-state index is -1.08. The molecule has 5 nitrogen and oxygen atoms in total. The van der Waals surface area contributed by atoms with Crippen LogP contribution in [-0.4, -0.2) is 28.5 Å². The van der Waals surface area contributed by atoms with Crippen LogP contribution >= 0.6 is 11.3 Å². The van der Waals surface area contributed by atoms with Crippen molar-refractivity contribution in [1.29, 1.82) is 0 Å². The van der Waals surface area contributed by atoms with Gasteiger partial charge in [0, 0.05) is 18.3 Å². The van der Waals surface area contributed by atoms with Crippen molar-refractivity contribution in [3.05, 3.63) is 51.2 Å². The summed E-state index contributed by atoms with van der Waals surface area (Å²) in [6, 6.07) is 4.40. The van der Waals surface area contributed by atoms with E-state index in [0.717, 1.165) is 5.56 Å². The molecule has 0 fully saturated rings. The molecular weight excluding hydrogens is 295 g/mol. The molecule has 7 heteroatoms. The van der Waals surface area contributed by atoms with Crippen molar-refractivity contribution in [2.24, 2.45) is 0 Å². The molecule has 0 bridgehead atoms. The summed E-state index contributed by atoms with van der Waals surface area (Å²) in [4.78, 5) is 26.4. The van der Waals surface area contributed by atoms with Crippen LogP contribution in [-0.2, 0) is 6.42 Å². The van der Waals surface area contributed by atoms with E-state index in [1.54, 1.807) is 13.0 Å². The maximum Gasteiger partial charge on any atom is 0.355 e. The van der Waals surface area contributed by atoms with Crippen molar-refractivity contribution in [1.82, 2.24) is 10.3 Å².